The van der Waals surface area contributed by atoms with Crippen molar-refractivity contribution in [2.45, 2.75) is 9.79 Å². The topological polar surface area (TPSA) is 44.2 Å². The maximum absolute atomic E-state index is 5.65. The average molecular weight is 380 g/mol. The number of benzene rings is 2. The van der Waals surface area contributed by atoms with Crippen molar-refractivity contribution in [1.82, 2.24) is 9.97 Å². The van der Waals surface area contributed by atoms with Gasteiger partial charge in [0.25, 0.3) is 0 Å². The molecule has 130 valence electrons. The molecule has 2 aromatic carbocycles. The Bertz CT molecular complexity index is 998. The van der Waals surface area contributed by atoms with E-state index in [9.17, 15) is 0 Å². The lowest BCUT2D eigenvalue weighted by Crippen LogP contribution is -1.91. The summed E-state index contributed by atoms with van der Waals surface area (Å²) in [6, 6.07) is 15.9. The summed E-state index contributed by atoms with van der Waals surface area (Å²) in [7, 11) is 6.55. The van der Waals surface area contributed by atoms with Crippen LogP contribution >= 0.6 is 21.6 Å². The fourth-order valence-electron chi connectivity index (χ4n) is 2.83. The maximum Gasteiger partial charge on any atom is 0.144 e. The van der Waals surface area contributed by atoms with Crippen LogP contribution < -0.4 is 9.47 Å². The van der Waals surface area contributed by atoms with E-state index in [4.69, 9.17) is 9.47 Å². The summed E-state index contributed by atoms with van der Waals surface area (Å²) in [5.74, 6) is 1.67. The summed E-state index contributed by atoms with van der Waals surface area (Å²) in [6.07, 6.45) is 3.69. The van der Waals surface area contributed by atoms with Crippen LogP contribution in [0.5, 0.6) is 11.5 Å². The van der Waals surface area contributed by atoms with E-state index in [1.165, 1.54) is 0 Å². The second-order valence-corrected chi connectivity index (χ2v) is 7.73. The molecule has 4 nitrogen and oxygen atoms in total. The molecule has 26 heavy (non-hydrogen) atoms. The van der Waals surface area contributed by atoms with Crippen molar-refractivity contribution in [1.29, 1.82) is 0 Å². The molecule has 0 N–H and O–H groups in total. The van der Waals surface area contributed by atoms with Crippen molar-refractivity contribution in [3.63, 3.8) is 0 Å². The van der Waals surface area contributed by atoms with E-state index in [1.807, 2.05) is 60.9 Å². The molecule has 0 atom stereocenters. The number of aromatic nitrogens is 2. The number of rotatable bonds is 5. The molecule has 0 bridgehead atoms. The fourth-order valence-corrected chi connectivity index (χ4v) is 4.99. The van der Waals surface area contributed by atoms with Crippen LogP contribution in [0.25, 0.3) is 21.8 Å². The highest BCUT2D eigenvalue weighted by atomic mass is 33.1. The zero-order chi connectivity index (χ0) is 17.9. The largest absolute Gasteiger partial charge is 0.495 e. The van der Waals surface area contributed by atoms with Gasteiger partial charge < -0.3 is 9.47 Å². The van der Waals surface area contributed by atoms with E-state index in [-0.39, 0.29) is 0 Å². The SMILES string of the molecule is COc1c(SSc2cnc3ccccc3c2OC)cnc2ccccc12. The van der Waals surface area contributed by atoms with Gasteiger partial charge >= 0.3 is 0 Å². The zero-order valence-corrected chi connectivity index (χ0v) is 15.9. The Hall–Kier alpha value is -2.44. The first-order chi connectivity index (χ1) is 12.8. The average Bonchev–Trinajstić information content (AvgIpc) is 2.71. The minimum Gasteiger partial charge on any atom is -0.495 e. The molecule has 0 aliphatic heterocycles. The summed E-state index contributed by atoms with van der Waals surface area (Å²) in [6.45, 7) is 0. The van der Waals surface area contributed by atoms with Gasteiger partial charge in [-0.3, -0.25) is 9.97 Å². The van der Waals surface area contributed by atoms with Gasteiger partial charge in [0, 0.05) is 23.2 Å². The molecule has 2 heterocycles. The highest BCUT2D eigenvalue weighted by Crippen LogP contribution is 2.47. The number of hydrogen-bond donors (Lipinski definition) is 0. The molecule has 0 fully saturated rings. The van der Waals surface area contributed by atoms with Crippen molar-refractivity contribution in [2.24, 2.45) is 0 Å². The highest BCUT2D eigenvalue weighted by molar-refractivity contribution is 8.76. The van der Waals surface area contributed by atoms with Crippen molar-refractivity contribution >= 4 is 43.4 Å². The van der Waals surface area contributed by atoms with Crippen LogP contribution in [0.4, 0.5) is 0 Å². The summed E-state index contributed by atoms with van der Waals surface area (Å²) in [5.41, 5.74) is 1.84. The first kappa shape index (κ1) is 17.0. The lowest BCUT2D eigenvalue weighted by molar-refractivity contribution is 0.409. The van der Waals surface area contributed by atoms with Crippen LogP contribution in [0.3, 0.4) is 0 Å². The highest BCUT2D eigenvalue weighted by Gasteiger charge is 2.14. The molecule has 6 heteroatoms. The van der Waals surface area contributed by atoms with Gasteiger partial charge in [0.1, 0.15) is 11.5 Å². The first-order valence-electron chi connectivity index (χ1n) is 8.00. The summed E-state index contributed by atoms with van der Waals surface area (Å²) >= 11 is 0. The normalized spacial score (nSPS) is 11.0. The maximum atomic E-state index is 5.65. The van der Waals surface area contributed by atoms with Crippen LogP contribution in [0.1, 0.15) is 0 Å². The van der Waals surface area contributed by atoms with E-state index in [0.717, 1.165) is 43.1 Å². The number of ether oxygens (including phenoxy) is 2. The molecule has 0 spiro atoms. The quantitative estimate of drug-likeness (QED) is 0.420. The molecule has 0 saturated carbocycles. The second kappa shape index (κ2) is 7.43. The minimum atomic E-state index is 0.834. The number of fused-ring (bicyclic) bond motifs is 2. The first-order valence-corrected chi connectivity index (χ1v) is 10.1. The molecule has 2 aromatic heterocycles. The molecule has 0 saturated heterocycles. The smallest absolute Gasteiger partial charge is 0.144 e. The van der Waals surface area contributed by atoms with Crippen molar-refractivity contribution in [2.75, 3.05) is 14.2 Å². The Morgan fingerprint density at radius 3 is 1.50 bits per heavy atom. The lowest BCUT2D eigenvalue weighted by atomic mass is 10.2. The van der Waals surface area contributed by atoms with E-state index < -0.39 is 0 Å². The molecule has 4 aromatic rings. The molecule has 4 rings (SSSR count). The number of pyridine rings is 2. The standard InChI is InChI=1S/C20H16N2O2S2/c1-23-19-13-7-3-5-9-15(13)21-11-17(19)25-26-18-12-22-16-10-6-4-8-14(16)20(18)24-2/h3-12H,1-2H3. The third-order valence-electron chi connectivity index (χ3n) is 4.02. The minimum absolute atomic E-state index is 0.834. The van der Waals surface area contributed by atoms with Gasteiger partial charge in [0.2, 0.25) is 0 Å². The van der Waals surface area contributed by atoms with Crippen LogP contribution in [-0.2, 0) is 0 Å². The van der Waals surface area contributed by atoms with Gasteiger partial charge in [0.15, 0.2) is 0 Å². The second-order valence-electron chi connectivity index (χ2n) is 5.51. The Morgan fingerprint density at radius 1 is 0.654 bits per heavy atom. The van der Waals surface area contributed by atoms with Crippen molar-refractivity contribution in [3.8, 4) is 11.5 Å². The number of nitrogens with zero attached hydrogens (tertiary/aromatic N) is 2. The van der Waals surface area contributed by atoms with Gasteiger partial charge in [-0.25, -0.2) is 0 Å². The van der Waals surface area contributed by atoms with Crippen LogP contribution in [0.2, 0.25) is 0 Å². The third kappa shape index (κ3) is 3.06. The summed E-state index contributed by atoms with van der Waals surface area (Å²) < 4.78 is 11.3. The summed E-state index contributed by atoms with van der Waals surface area (Å²) in [5, 5.41) is 2.01. The van der Waals surface area contributed by atoms with Gasteiger partial charge in [0.05, 0.1) is 35.0 Å². The summed E-state index contributed by atoms with van der Waals surface area (Å²) in [4.78, 5) is 11.0. The van der Waals surface area contributed by atoms with Crippen LogP contribution in [0, 0.1) is 0 Å². The molecule has 0 aliphatic carbocycles. The molecule has 0 unspecified atom stereocenters. The van der Waals surface area contributed by atoms with Gasteiger partial charge in [-0.1, -0.05) is 24.3 Å². The Morgan fingerprint density at radius 2 is 1.08 bits per heavy atom. The number of methoxy groups -OCH3 is 2. The van der Waals surface area contributed by atoms with Crippen LogP contribution in [0.15, 0.2) is 70.7 Å². The monoisotopic (exact) mass is 380 g/mol. The Balaban J connectivity index is 1.69. The molecular formula is C20H16N2O2S2. The molecular weight excluding hydrogens is 364 g/mol. The van der Waals surface area contributed by atoms with Gasteiger partial charge in [-0.15, -0.1) is 0 Å². The Labute approximate surface area is 159 Å². The molecule has 0 amide bonds. The molecule has 0 aliphatic rings. The van der Waals surface area contributed by atoms with E-state index in [1.54, 1.807) is 35.8 Å². The van der Waals surface area contributed by atoms with Gasteiger partial charge in [-0.2, -0.15) is 0 Å². The Kier molecular flexibility index (Phi) is 4.86. The number of para-hydroxylation sites is 2. The van der Waals surface area contributed by atoms with Gasteiger partial charge in [-0.05, 0) is 45.9 Å². The van der Waals surface area contributed by atoms with Crippen molar-refractivity contribution in [3.05, 3.63) is 60.9 Å². The predicted molar refractivity (Wildman–Crippen MR) is 108 cm³/mol. The number of hydrogen-bond acceptors (Lipinski definition) is 6. The third-order valence-corrected chi connectivity index (χ3v) is 6.37. The van der Waals surface area contributed by atoms with Crippen LogP contribution in [-0.4, -0.2) is 24.2 Å². The lowest BCUT2D eigenvalue weighted by Gasteiger charge is -2.12. The van der Waals surface area contributed by atoms with Crippen molar-refractivity contribution < 1.29 is 9.47 Å². The zero-order valence-electron chi connectivity index (χ0n) is 14.3. The fraction of sp³-hybridized carbons (Fsp3) is 0.100. The van der Waals surface area contributed by atoms with E-state index in [0.29, 0.717) is 0 Å². The van der Waals surface area contributed by atoms with E-state index in [2.05, 4.69) is 9.97 Å². The van der Waals surface area contributed by atoms with E-state index >= 15 is 0 Å². The molecule has 0 radical (unpaired) electrons. The predicted octanol–water partition coefficient (Wildman–Crippen LogP) is 5.60.